The molecule has 0 amide bonds. The second kappa shape index (κ2) is 6.14. The van der Waals surface area contributed by atoms with Gasteiger partial charge in [0.2, 0.25) is 0 Å². The van der Waals surface area contributed by atoms with Crippen LogP contribution in [0.25, 0.3) is 0 Å². The first-order valence-corrected chi connectivity index (χ1v) is 7.82. The maximum atomic E-state index is 12.0. The van der Waals surface area contributed by atoms with Crippen molar-refractivity contribution in [2.45, 2.75) is 24.3 Å². The summed E-state index contributed by atoms with van der Waals surface area (Å²) in [5.74, 6) is -0.410. The molecular weight excluding hydrogens is 296 g/mol. The minimum absolute atomic E-state index is 0.410. The number of nitrogen functional groups attached to an aromatic ring is 1. The Hall–Kier alpha value is -1.07. The van der Waals surface area contributed by atoms with Crippen molar-refractivity contribution in [3.8, 4) is 0 Å². The van der Waals surface area contributed by atoms with Gasteiger partial charge >= 0.3 is 5.97 Å². The molecule has 1 aromatic carbocycles. The minimum atomic E-state index is -0.410. The number of esters is 1. The van der Waals surface area contributed by atoms with Gasteiger partial charge in [0, 0.05) is 29.3 Å². The van der Waals surface area contributed by atoms with Crippen LogP contribution in [0.15, 0.2) is 12.1 Å². The molecule has 0 saturated carbocycles. The number of methoxy groups -OCH3 is 1. The van der Waals surface area contributed by atoms with Crippen molar-refractivity contribution in [2.24, 2.45) is 0 Å². The summed E-state index contributed by atoms with van der Waals surface area (Å²) in [7, 11) is 1.36. The van der Waals surface area contributed by atoms with Gasteiger partial charge in [0.05, 0.1) is 23.4 Å². The molecule has 1 heterocycles. The summed E-state index contributed by atoms with van der Waals surface area (Å²) in [6, 6.07) is 3.31. The van der Waals surface area contributed by atoms with Crippen LogP contribution in [0.2, 0.25) is 5.02 Å². The van der Waals surface area contributed by atoms with Crippen molar-refractivity contribution in [2.75, 3.05) is 30.8 Å². The molecule has 4 nitrogen and oxygen atoms in total. The number of rotatable bonds is 2. The fourth-order valence-corrected chi connectivity index (χ4v) is 4.24. The zero-order chi connectivity index (χ0) is 14.9. The summed E-state index contributed by atoms with van der Waals surface area (Å²) >= 11 is 8.27. The maximum Gasteiger partial charge on any atom is 0.340 e. The Bertz CT molecular complexity index is 514. The van der Waals surface area contributed by atoms with E-state index in [4.69, 9.17) is 22.1 Å². The summed E-state index contributed by atoms with van der Waals surface area (Å²) in [6.07, 6.45) is 0. The molecule has 6 heteroatoms. The van der Waals surface area contributed by atoms with Gasteiger partial charge in [0.15, 0.2) is 0 Å². The number of thioether (sulfide) groups is 1. The van der Waals surface area contributed by atoms with E-state index in [1.807, 2.05) is 11.8 Å². The van der Waals surface area contributed by atoms with E-state index in [0.29, 0.717) is 26.8 Å². The van der Waals surface area contributed by atoms with Crippen molar-refractivity contribution >= 4 is 40.7 Å². The molecule has 0 aliphatic carbocycles. The van der Waals surface area contributed by atoms with Gasteiger partial charge in [-0.1, -0.05) is 25.4 Å². The number of hydrogen-bond acceptors (Lipinski definition) is 5. The number of benzene rings is 1. The van der Waals surface area contributed by atoms with Crippen LogP contribution in [0.5, 0.6) is 0 Å². The van der Waals surface area contributed by atoms with Gasteiger partial charge in [0.1, 0.15) is 0 Å². The van der Waals surface area contributed by atoms with Gasteiger partial charge in [0.25, 0.3) is 0 Å². The number of carbonyl (C=O) groups is 1. The molecule has 0 bridgehead atoms. The van der Waals surface area contributed by atoms with E-state index in [2.05, 4.69) is 18.7 Å². The molecule has 2 rings (SSSR count). The molecule has 2 unspecified atom stereocenters. The van der Waals surface area contributed by atoms with Crippen molar-refractivity contribution < 1.29 is 9.53 Å². The lowest BCUT2D eigenvalue weighted by Gasteiger charge is -2.37. The number of carbonyl (C=O) groups excluding carboxylic acids is 1. The van der Waals surface area contributed by atoms with Gasteiger partial charge < -0.3 is 15.4 Å². The lowest BCUT2D eigenvalue weighted by Crippen LogP contribution is -2.41. The highest BCUT2D eigenvalue weighted by molar-refractivity contribution is 8.00. The summed E-state index contributed by atoms with van der Waals surface area (Å²) in [4.78, 5) is 14.1. The zero-order valence-corrected chi connectivity index (χ0v) is 13.4. The molecule has 20 heavy (non-hydrogen) atoms. The van der Waals surface area contributed by atoms with Crippen LogP contribution in [0, 0.1) is 0 Å². The average Bonchev–Trinajstić information content (AvgIpc) is 2.35. The molecule has 1 aromatic rings. The summed E-state index contributed by atoms with van der Waals surface area (Å²) in [5, 5.41) is 1.47. The number of hydrogen-bond donors (Lipinski definition) is 1. The van der Waals surface area contributed by atoms with Crippen LogP contribution >= 0.6 is 23.4 Å². The third-order valence-electron chi connectivity index (χ3n) is 3.23. The Morgan fingerprint density at radius 2 is 2.00 bits per heavy atom. The SMILES string of the molecule is COC(=O)c1cc(N)cc(Cl)c1N1CC(C)SC(C)C1. The van der Waals surface area contributed by atoms with E-state index < -0.39 is 5.97 Å². The standard InChI is InChI=1S/C14H19ClN2O2S/c1-8-6-17(7-9(2)20-8)13-11(14(18)19-3)4-10(16)5-12(13)15/h4-5,8-9H,6-7,16H2,1-3H3. The average molecular weight is 315 g/mol. The Kier molecular flexibility index (Phi) is 4.70. The predicted octanol–water partition coefficient (Wildman–Crippen LogP) is 3.04. The second-order valence-corrected chi connectivity index (χ2v) is 7.34. The van der Waals surface area contributed by atoms with E-state index in [1.54, 1.807) is 12.1 Å². The van der Waals surface area contributed by atoms with Crippen LogP contribution in [-0.4, -0.2) is 36.7 Å². The van der Waals surface area contributed by atoms with Crippen LogP contribution in [0.3, 0.4) is 0 Å². The zero-order valence-electron chi connectivity index (χ0n) is 11.9. The molecular formula is C14H19ClN2O2S. The fraction of sp³-hybridized carbons (Fsp3) is 0.500. The summed E-state index contributed by atoms with van der Waals surface area (Å²) in [5.41, 5.74) is 7.42. The lowest BCUT2D eigenvalue weighted by molar-refractivity contribution is 0.0601. The van der Waals surface area contributed by atoms with Gasteiger partial charge in [-0.3, -0.25) is 0 Å². The summed E-state index contributed by atoms with van der Waals surface area (Å²) in [6.45, 7) is 6.05. The van der Waals surface area contributed by atoms with E-state index in [-0.39, 0.29) is 0 Å². The predicted molar refractivity (Wildman–Crippen MR) is 85.9 cm³/mol. The van der Waals surface area contributed by atoms with Gasteiger partial charge in [-0.15, -0.1) is 0 Å². The first-order chi connectivity index (χ1) is 9.42. The van der Waals surface area contributed by atoms with Crippen LogP contribution < -0.4 is 10.6 Å². The normalized spacial score (nSPS) is 22.7. The molecule has 110 valence electrons. The second-order valence-electron chi connectivity index (χ2n) is 5.05. The van der Waals surface area contributed by atoms with Gasteiger partial charge in [-0.2, -0.15) is 11.8 Å². The Balaban J connectivity index is 2.46. The molecule has 2 atom stereocenters. The van der Waals surface area contributed by atoms with E-state index in [0.717, 1.165) is 18.8 Å². The van der Waals surface area contributed by atoms with Crippen LogP contribution in [0.1, 0.15) is 24.2 Å². The minimum Gasteiger partial charge on any atom is -0.465 e. The maximum absolute atomic E-state index is 12.0. The third kappa shape index (κ3) is 3.15. The monoisotopic (exact) mass is 314 g/mol. The Morgan fingerprint density at radius 3 is 2.55 bits per heavy atom. The van der Waals surface area contributed by atoms with E-state index in [9.17, 15) is 4.79 Å². The Morgan fingerprint density at radius 1 is 1.40 bits per heavy atom. The number of anilines is 2. The van der Waals surface area contributed by atoms with Crippen LogP contribution in [-0.2, 0) is 4.74 Å². The molecule has 1 aliphatic heterocycles. The summed E-state index contributed by atoms with van der Waals surface area (Å²) < 4.78 is 4.85. The number of halogens is 1. The largest absolute Gasteiger partial charge is 0.465 e. The quantitative estimate of drug-likeness (QED) is 0.671. The number of ether oxygens (including phenoxy) is 1. The molecule has 2 N–H and O–H groups in total. The third-order valence-corrected chi connectivity index (χ3v) is 4.74. The van der Waals surface area contributed by atoms with Gasteiger partial charge in [-0.25, -0.2) is 4.79 Å². The van der Waals surface area contributed by atoms with Crippen molar-refractivity contribution in [3.63, 3.8) is 0 Å². The van der Waals surface area contributed by atoms with Crippen LogP contribution in [0.4, 0.5) is 11.4 Å². The fourth-order valence-electron chi connectivity index (χ4n) is 2.57. The van der Waals surface area contributed by atoms with Gasteiger partial charge in [-0.05, 0) is 12.1 Å². The first kappa shape index (κ1) is 15.3. The molecule has 1 aliphatic rings. The molecule has 0 radical (unpaired) electrons. The lowest BCUT2D eigenvalue weighted by atomic mass is 10.1. The first-order valence-electron chi connectivity index (χ1n) is 6.50. The highest BCUT2D eigenvalue weighted by atomic mass is 35.5. The number of nitrogens with two attached hydrogens (primary N) is 1. The molecule has 1 saturated heterocycles. The van der Waals surface area contributed by atoms with E-state index in [1.165, 1.54) is 7.11 Å². The van der Waals surface area contributed by atoms with Crippen molar-refractivity contribution in [1.29, 1.82) is 0 Å². The highest BCUT2D eigenvalue weighted by Crippen LogP contribution is 2.37. The molecule has 0 aromatic heterocycles. The number of nitrogens with zero attached hydrogens (tertiary/aromatic N) is 1. The topological polar surface area (TPSA) is 55.6 Å². The van der Waals surface area contributed by atoms with E-state index >= 15 is 0 Å². The van der Waals surface area contributed by atoms with Crippen molar-refractivity contribution in [1.82, 2.24) is 0 Å². The van der Waals surface area contributed by atoms with Crippen molar-refractivity contribution in [3.05, 3.63) is 22.7 Å². The molecule has 1 fully saturated rings. The smallest absolute Gasteiger partial charge is 0.340 e. The highest BCUT2D eigenvalue weighted by Gasteiger charge is 2.28. The molecule has 0 spiro atoms. The Labute approximate surface area is 128 Å².